The monoisotopic (exact) mass is 312 g/mol. The molecule has 0 aliphatic heterocycles. The number of hydrogen-bond donors (Lipinski definition) is 0. The zero-order chi connectivity index (χ0) is 12.1. The standard InChI is InChI=1S/C13H13BrO2S/c1-15-12-3-2-10(7-14)6-13(12)16-8-11-4-5-17-9-11/h2-6,9H,7-8H2,1H3. The minimum absolute atomic E-state index is 0.575. The van der Waals surface area contributed by atoms with E-state index in [-0.39, 0.29) is 0 Å². The van der Waals surface area contributed by atoms with Crippen LogP contribution in [0.5, 0.6) is 11.5 Å². The summed E-state index contributed by atoms with van der Waals surface area (Å²) < 4.78 is 11.1. The molecule has 0 bridgehead atoms. The number of alkyl halides is 1. The van der Waals surface area contributed by atoms with Crippen molar-refractivity contribution in [1.29, 1.82) is 0 Å². The highest BCUT2D eigenvalue weighted by Gasteiger charge is 2.05. The van der Waals surface area contributed by atoms with E-state index in [2.05, 4.69) is 27.4 Å². The van der Waals surface area contributed by atoms with Crippen LogP contribution in [-0.2, 0) is 11.9 Å². The van der Waals surface area contributed by atoms with Gasteiger partial charge in [0, 0.05) is 5.33 Å². The van der Waals surface area contributed by atoms with Crippen LogP contribution in [-0.4, -0.2) is 7.11 Å². The van der Waals surface area contributed by atoms with Gasteiger partial charge in [0.2, 0.25) is 0 Å². The summed E-state index contributed by atoms with van der Waals surface area (Å²) in [5.41, 5.74) is 2.35. The molecule has 90 valence electrons. The van der Waals surface area contributed by atoms with Gasteiger partial charge in [-0.15, -0.1) is 0 Å². The van der Waals surface area contributed by atoms with Gasteiger partial charge in [-0.2, -0.15) is 11.3 Å². The van der Waals surface area contributed by atoms with Crippen LogP contribution in [0.1, 0.15) is 11.1 Å². The first-order valence-electron chi connectivity index (χ1n) is 5.20. The van der Waals surface area contributed by atoms with E-state index >= 15 is 0 Å². The van der Waals surface area contributed by atoms with Gasteiger partial charge in [0.25, 0.3) is 0 Å². The lowest BCUT2D eigenvalue weighted by atomic mass is 10.2. The van der Waals surface area contributed by atoms with Crippen LogP contribution >= 0.6 is 27.3 Å². The number of benzene rings is 1. The molecule has 17 heavy (non-hydrogen) atoms. The highest BCUT2D eigenvalue weighted by Crippen LogP contribution is 2.29. The molecule has 2 rings (SSSR count). The maximum absolute atomic E-state index is 5.78. The molecule has 1 aromatic heterocycles. The van der Waals surface area contributed by atoms with E-state index in [1.165, 1.54) is 11.1 Å². The molecule has 0 aliphatic carbocycles. The zero-order valence-electron chi connectivity index (χ0n) is 9.48. The predicted molar refractivity (Wildman–Crippen MR) is 74.3 cm³/mol. The molecule has 0 N–H and O–H groups in total. The van der Waals surface area contributed by atoms with Crippen molar-refractivity contribution < 1.29 is 9.47 Å². The maximum Gasteiger partial charge on any atom is 0.161 e. The normalized spacial score (nSPS) is 10.2. The van der Waals surface area contributed by atoms with Gasteiger partial charge in [-0.3, -0.25) is 0 Å². The largest absolute Gasteiger partial charge is 0.493 e. The molecule has 0 aliphatic rings. The molecule has 0 amide bonds. The lowest BCUT2D eigenvalue weighted by molar-refractivity contribution is 0.284. The zero-order valence-corrected chi connectivity index (χ0v) is 11.9. The number of halogens is 1. The van der Waals surface area contributed by atoms with Gasteiger partial charge in [-0.1, -0.05) is 22.0 Å². The Hall–Kier alpha value is -1.00. The Balaban J connectivity index is 2.12. The molecule has 0 unspecified atom stereocenters. The van der Waals surface area contributed by atoms with Crippen LogP contribution < -0.4 is 9.47 Å². The molecule has 0 atom stereocenters. The topological polar surface area (TPSA) is 18.5 Å². The highest BCUT2D eigenvalue weighted by molar-refractivity contribution is 9.08. The molecule has 1 aromatic carbocycles. The van der Waals surface area contributed by atoms with Gasteiger partial charge in [0.05, 0.1) is 7.11 Å². The minimum atomic E-state index is 0.575. The van der Waals surface area contributed by atoms with Crippen LogP contribution in [0.2, 0.25) is 0 Å². The van der Waals surface area contributed by atoms with Gasteiger partial charge in [0.15, 0.2) is 11.5 Å². The van der Waals surface area contributed by atoms with Crippen molar-refractivity contribution >= 4 is 27.3 Å². The second kappa shape index (κ2) is 6.07. The van der Waals surface area contributed by atoms with Crippen LogP contribution in [0.3, 0.4) is 0 Å². The molecular weight excluding hydrogens is 300 g/mol. The van der Waals surface area contributed by atoms with Crippen molar-refractivity contribution in [3.8, 4) is 11.5 Å². The van der Waals surface area contributed by atoms with E-state index in [1.54, 1.807) is 18.4 Å². The van der Waals surface area contributed by atoms with Crippen LogP contribution in [0, 0.1) is 0 Å². The molecule has 2 aromatic rings. The van der Waals surface area contributed by atoms with E-state index in [4.69, 9.17) is 9.47 Å². The van der Waals surface area contributed by atoms with Gasteiger partial charge < -0.3 is 9.47 Å². The third-order valence-electron chi connectivity index (χ3n) is 2.36. The number of hydrogen-bond acceptors (Lipinski definition) is 3. The van der Waals surface area contributed by atoms with Crippen molar-refractivity contribution in [3.63, 3.8) is 0 Å². The van der Waals surface area contributed by atoms with E-state index in [0.29, 0.717) is 6.61 Å². The van der Waals surface area contributed by atoms with Crippen molar-refractivity contribution in [1.82, 2.24) is 0 Å². The van der Waals surface area contributed by atoms with Crippen LogP contribution in [0.15, 0.2) is 35.0 Å². The predicted octanol–water partition coefficient (Wildman–Crippen LogP) is 4.23. The van der Waals surface area contributed by atoms with Crippen molar-refractivity contribution in [3.05, 3.63) is 46.2 Å². The summed E-state index contributed by atoms with van der Waals surface area (Å²) in [6.07, 6.45) is 0. The highest BCUT2D eigenvalue weighted by atomic mass is 79.9. The first kappa shape index (κ1) is 12.5. The van der Waals surface area contributed by atoms with Crippen molar-refractivity contribution in [2.24, 2.45) is 0 Å². The smallest absolute Gasteiger partial charge is 0.161 e. The summed E-state index contributed by atoms with van der Waals surface area (Å²) in [6.45, 7) is 0.575. The van der Waals surface area contributed by atoms with Gasteiger partial charge >= 0.3 is 0 Å². The summed E-state index contributed by atoms with van der Waals surface area (Å²) in [5, 5.41) is 4.94. The summed E-state index contributed by atoms with van der Waals surface area (Å²) >= 11 is 5.11. The van der Waals surface area contributed by atoms with Gasteiger partial charge in [-0.05, 0) is 40.1 Å². The van der Waals surface area contributed by atoms with Crippen LogP contribution in [0.25, 0.3) is 0 Å². The first-order chi connectivity index (χ1) is 8.33. The van der Waals surface area contributed by atoms with Crippen molar-refractivity contribution in [2.45, 2.75) is 11.9 Å². The number of methoxy groups -OCH3 is 1. The molecule has 0 fully saturated rings. The van der Waals surface area contributed by atoms with Gasteiger partial charge in [-0.25, -0.2) is 0 Å². The van der Waals surface area contributed by atoms with Crippen LogP contribution in [0.4, 0.5) is 0 Å². The SMILES string of the molecule is COc1ccc(CBr)cc1OCc1ccsc1. The molecule has 0 spiro atoms. The Bertz CT molecular complexity index is 468. The number of rotatable bonds is 5. The lowest BCUT2D eigenvalue weighted by Gasteiger charge is -2.11. The fraction of sp³-hybridized carbons (Fsp3) is 0.231. The Morgan fingerprint density at radius 2 is 2.06 bits per heavy atom. The van der Waals surface area contributed by atoms with E-state index < -0.39 is 0 Å². The molecule has 2 nitrogen and oxygen atoms in total. The average molecular weight is 313 g/mol. The Labute approximate surface area is 113 Å². The molecule has 0 saturated carbocycles. The third-order valence-corrected chi connectivity index (χ3v) is 3.74. The maximum atomic E-state index is 5.78. The summed E-state index contributed by atoms with van der Waals surface area (Å²) in [6, 6.07) is 8.01. The van der Waals surface area contributed by atoms with E-state index in [1.807, 2.05) is 23.6 Å². The quantitative estimate of drug-likeness (QED) is 0.769. The van der Waals surface area contributed by atoms with E-state index in [0.717, 1.165) is 16.8 Å². The number of ether oxygens (including phenoxy) is 2. The van der Waals surface area contributed by atoms with Gasteiger partial charge in [0.1, 0.15) is 6.61 Å². The summed E-state index contributed by atoms with van der Waals surface area (Å²) in [7, 11) is 1.65. The Kier molecular flexibility index (Phi) is 4.45. The molecular formula is C13H13BrO2S. The third kappa shape index (κ3) is 3.23. The van der Waals surface area contributed by atoms with E-state index in [9.17, 15) is 0 Å². The Morgan fingerprint density at radius 3 is 2.71 bits per heavy atom. The second-order valence-electron chi connectivity index (χ2n) is 3.54. The number of thiophene rings is 1. The fourth-order valence-corrected chi connectivity index (χ4v) is 2.46. The lowest BCUT2D eigenvalue weighted by Crippen LogP contribution is -1.97. The second-order valence-corrected chi connectivity index (χ2v) is 4.88. The fourth-order valence-electron chi connectivity index (χ4n) is 1.45. The molecule has 1 heterocycles. The van der Waals surface area contributed by atoms with Crippen molar-refractivity contribution in [2.75, 3.05) is 7.11 Å². The first-order valence-corrected chi connectivity index (χ1v) is 7.26. The molecule has 0 radical (unpaired) electrons. The summed E-state index contributed by atoms with van der Waals surface area (Å²) in [5.74, 6) is 1.56. The Morgan fingerprint density at radius 1 is 1.18 bits per heavy atom. The molecule has 4 heteroatoms. The summed E-state index contributed by atoms with van der Waals surface area (Å²) in [4.78, 5) is 0. The molecule has 0 saturated heterocycles. The minimum Gasteiger partial charge on any atom is -0.493 e. The average Bonchev–Trinajstić information content (AvgIpc) is 2.89.